The Morgan fingerprint density at radius 3 is 2.56 bits per heavy atom. The molecule has 80 valence electrons. The average molecular weight is 212 g/mol. The van der Waals surface area contributed by atoms with Crippen molar-refractivity contribution in [1.82, 2.24) is 15.0 Å². The van der Waals surface area contributed by atoms with Crippen molar-refractivity contribution in [3.63, 3.8) is 0 Å². The van der Waals surface area contributed by atoms with Crippen LogP contribution < -0.4 is 0 Å². The van der Waals surface area contributed by atoms with Crippen molar-refractivity contribution in [2.24, 2.45) is 7.05 Å². The van der Waals surface area contributed by atoms with Gasteiger partial charge in [0.25, 0.3) is 0 Å². The summed E-state index contributed by atoms with van der Waals surface area (Å²) >= 11 is 0. The van der Waals surface area contributed by atoms with E-state index in [0.29, 0.717) is 5.56 Å². The van der Waals surface area contributed by atoms with Crippen LogP contribution in [0.5, 0.6) is 0 Å². The lowest BCUT2D eigenvalue weighted by atomic mass is 10.1. The van der Waals surface area contributed by atoms with Gasteiger partial charge in [0, 0.05) is 13.2 Å². The van der Waals surface area contributed by atoms with Crippen LogP contribution in [-0.4, -0.2) is 15.0 Å². The Hall–Kier alpha value is -2.15. The van der Waals surface area contributed by atoms with Crippen molar-refractivity contribution >= 4 is 0 Å². The van der Waals surface area contributed by atoms with Crippen LogP contribution in [0.4, 0.5) is 0 Å². The molecule has 0 aliphatic rings. The van der Waals surface area contributed by atoms with Gasteiger partial charge >= 0.3 is 0 Å². The van der Waals surface area contributed by atoms with E-state index >= 15 is 0 Å². The van der Waals surface area contributed by atoms with Crippen LogP contribution >= 0.6 is 0 Å². The van der Waals surface area contributed by atoms with Crippen LogP contribution in [0.3, 0.4) is 0 Å². The van der Waals surface area contributed by atoms with Crippen LogP contribution in [0.15, 0.2) is 30.5 Å². The lowest BCUT2D eigenvalue weighted by Crippen LogP contribution is -1.91. The normalized spacial score (nSPS) is 10.0. The Labute approximate surface area is 94.1 Å². The first-order chi connectivity index (χ1) is 7.78. The molecule has 0 saturated carbocycles. The summed E-state index contributed by atoms with van der Waals surface area (Å²) in [5, 5.41) is 16.6. The Balaban J connectivity index is 1.97. The van der Waals surface area contributed by atoms with E-state index in [0.717, 1.165) is 18.5 Å². The molecule has 0 saturated heterocycles. The SMILES string of the molecule is Cn1cc(CCc2ccc(C#N)cc2)nn1. The van der Waals surface area contributed by atoms with Crippen molar-refractivity contribution in [2.45, 2.75) is 12.8 Å². The molecule has 0 aliphatic heterocycles. The highest BCUT2D eigenvalue weighted by molar-refractivity contribution is 5.31. The first-order valence-corrected chi connectivity index (χ1v) is 5.12. The topological polar surface area (TPSA) is 54.5 Å². The monoisotopic (exact) mass is 212 g/mol. The fourth-order valence-corrected chi connectivity index (χ4v) is 1.53. The molecule has 4 nitrogen and oxygen atoms in total. The predicted octanol–water partition coefficient (Wildman–Crippen LogP) is 1.47. The number of hydrogen-bond donors (Lipinski definition) is 0. The Kier molecular flexibility index (Phi) is 2.97. The number of hydrogen-bond acceptors (Lipinski definition) is 3. The standard InChI is InChI=1S/C12H12N4/c1-16-9-12(14-15-16)7-6-10-2-4-11(8-13)5-3-10/h2-5,9H,6-7H2,1H3. The lowest BCUT2D eigenvalue weighted by Gasteiger charge is -1.98. The minimum atomic E-state index is 0.697. The molecule has 1 heterocycles. The third kappa shape index (κ3) is 2.45. The first-order valence-electron chi connectivity index (χ1n) is 5.12. The maximum absolute atomic E-state index is 8.67. The zero-order valence-corrected chi connectivity index (χ0v) is 9.09. The molecule has 2 rings (SSSR count). The van der Waals surface area contributed by atoms with Crippen molar-refractivity contribution < 1.29 is 0 Å². The zero-order chi connectivity index (χ0) is 11.4. The summed E-state index contributed by atoms with van der Waals surface area (Å²) in [5.41, 5.74) is 2.90. The number of aryl methyl sites for hydroxylation is 3. The largest absolute Gasteiger partial charge is 0.255 e. The van der Waals surface area contributed by atoms with Gasteiger partial charge in [0.1, 0.15) is 0 Å². The number of nitrogens with zero attached hydrogens (tertiary/aromatic N) is 4. The van der Waals surface area contributed by atoms with Gasteiger partial charge in [-0.1, -0.05) is 17.3 Å². The highest BCUT2D eigenvalue weighted by Gasteiger charge is 1.99. The Morgan fingerprint density at radius 2 is 2.00 bits per heavy atom. The molecule has 4 heteroatoms. The van der Waals surface area contributed by atoms with E-state index in [1.54, 1.807) is 4.68 Å². The molecular weight excluding hydrogens is 200 g/mol. The predicted molar refractivity (Wildman–Crippen MR) is 59.6 cm³/mol. The van der Waals surface area contributed by atoms with Crippen molar-refractivity contribution in [2.75, 3.05) is 0 Å². The number of benzene rings is 1. The third-order valence-corrected chi connectivity index (χ3v) is 2.40. The molecule has 0 bridgehead atoms. The van der Waals surface area contributed by atoms with Crippen LogP contribution in [0.2, 0.25) is 0 Å². The highest BCUT2D eigenvalue weighted by Crippen LogP contribution is 2.06. The molecule has 0 N–H and O–H groups in total. The van der Waals surface area contributed by atoms with Crippen molar-refractivity contribution in [3.05, 3.63) is 47.3 Å². The molecular formula is C12H12N4. The minimum absolute atomic E-state index is 0.697. The summed E-state index contributed by atoms with van der Waals surface area (Å²) in [4.78, 5) is 0. The van der Waals surface area contributed by atoms with Gasteiger partial charge in [0.15, 0.2) is 0 Å². The lowest BCUT2D eigenvalue weighted by molar-refractivity contribution is 0.713. The molecule has 0 fully saturated rings. The molecule has 0 unspecified atom stereocenters. The van der Waals surface area contributed by atoms with Gasteiger partial charge in [-0.15, -0.1) is 5.10 Å². The number of aromatic nitrogens is 3. The molecule has 1 aromatic heterocycles. The molecule has 0 radical (unpaired) electrons. The summed E-state index contributed by atoms with van der Waals surface area (Å²) in [6.07, 6.45) is 3.72. The smallest absolute Gasteiger partial charge is 0.0991 e. The van der Waals surface area contributed by atoms with Gasteiger partial charge < -0.3 is 0 Å². The summed E-state index contributed by atoms with van der Waals surface area (Å²) < 4.78 is 1.70. The molecule has 0 spiro atoms. The Bertz CT molecular complexity index is 505. The molecule has 1 aromatic carbocycles. The van der Waals surface area contributed by atoms with Crippen LogP contribution in [0.25, 0.3) is 0 Å². The second kappa shape index (κ2) is 4.58. The van der Waals surface area contributed by atoms with Crippen molar-refractivity contribution in [3.8, 4) is 6.07 Å². The second-order valence-electron chi connectivity index (χ2n) is 3.69. The highest BCUT2D eigenvalue weighted by atomic mass is 15.4. The fraction of sp³-hybridized carbons (Fsp3) is 0.250. The van der Waals surface area contributed by atoms with Gasteiger partial charge in [-0.05, 0) is 30.5 Å². The van der Waals surface area contributed by atoms with E-state index in [4.69, 9.17) is 5.26 Å². The van der Waals surface area contributed by atoms with E-state index in [9.17, 15) is 0 Å². The summed E-state index contributed by atoms with van der Waals surface area (Å²) in [7, 11) is 1.86. The van der Waals surface area contributed by atoms with E-state index < -0.39 is 0 Å². The zero-order valence-electron chi connectivity index (χ0n) is 9.09. The van der Waals surface area contributed by atoms with Gasteiger partial charge in [-0.2, -0.15) is 5.26 Å². The van der Waals surface area contributed by atoms with E-state index in [1.165, 1.54) is 5.56 Å². The molecule has 0 atom stereocenters. The first kappa shape index (κ1) is 10.4. The van der Waals surface area contributed by atoms with Gasteiger partial charge in [0.05, 0.1) is 17.3 Å². The minimum Gasteiger partial charge on any atom is -0.255 e. The number of rotatable bonds is 3. The Morgan fingerprint density at radius 1 is 1.25 bits per heavy atom. The molecule has 2 aromatic rings. The van der Waals surface area contributed by atoms with Gasteiger partial charge in [0.2, 0.25) is 0 Å². The summed E-state index contributed by atoms with van der Waals surface area (Å²) in [5.74, 6) is 0. The maximum atomic E-state index is 8.67. The molecule has 16 heavy (non-hydrogen) atoms. The fourth-order valence-electron chi connectivity index (χ4n) is 1.53. The van der Waals surface area contributed by atoms with E-state index in [1.807, 2.05) is 37.5 Å². The van der Waals surface area contributed by atoms with Crippen molar-refractivity contribution in [1.29, 1.82) is 5.26 Å². The van der Waals surface area contributed by atoms with Gasteiger partial charge in [-0.3, -0.25) is 4.68 Å². The molecule has 0 aliphatic carbocycles. The summed E-state index contributed by atoms with van der Waals surface area (Å²) in [6, 6.07) is 9.75. The van der Waals surface area contributed by atoms with Crippen LogP contribution in [0, 0.1) is 11.3 Å². The van der Waals surface area contributed by atoms with Crippen LogP contribution in [-0.2, 0) is 19.9 Å². The average Bonchev–Trinajstić information content (AvgIpc) is 2.73. The quantitative estimate of drug-likeness (QED) is 0.774. The van der Waals surface area contributed by atoms with E-state index in [-0.39, 0.29) is 0 Å². The molecule has 0 amide bonds. The maximum Gasteiger partial charge on any atom is 0.0991 e. The van der Waals surface area contributed by atoms with E-state index in [2.05, 4.69) is 16.4 Å². The second-order valence-corrected chi connectivity index (χ2v) is 3.69. The number of nitriles is 1. The third-order valence-electron chi connectivity index (χ3n) is 2.40. The van der Waals surface area contributed by atoms with Crippen LogP contribution in [0.1, 0.15) is 16.8 Å². The van der Waals surface area contributed by atoms with Gasteiger partial charge in [-0.25, -0.2) is 0 Å². The summed E-state index contributed by atoms with van der Waals surface area (Å²) in [6.45, 7) is 0.